The summed E-state index contributed by atoms with van der Waals surface area (Å²) in [7, 11) is 0. The largest absolute Gasteiger partial charge is 0.349 e. The molecule has 5 heteroatoms. The zero-order chi connectivity index (χ0) is 20.5. The molecule has 0 fully saturated rings. The summed E-state index contributed by atoms with van der Waals surface area (Å²) in [6.07, 6.45) is 0.772. The van der Waals surface area contributed by atoms with E-state index < -0.39 is 0 Å². The third-order valence-electron chi connectivity index (χ3n) is 5.50. The number of nitrogens with zero attached hydrogens (tertiary/aromatic N) is 1. The van der Waals surface area contributed by atoms with Gasteiger partial charge >= 0.3 is 0 Å². The molecule has 0 saturated carbocycles. The van der Waals surface area contributed by atoms with Gasteiger partial charge in [-0.15, -0.1) is 0 Å². The summed E-state index contributed by atoms with van der Waals surface area (Å²) in [4.78, 5) is 24.6. The standard InChI is InChI=1S/C24H25N3O2/c1-15-5-3-8-19(11-15)23-21(18-7-4-6-17(12-18)16(2)28)13-22-24(29)26-14-20(9-10-25)27(22)23/h3-8,11-13,20H,9-10,14,25H2,1-2H3,(H,26,29). The van der Waals surface area contributed by atoms with Crippen LogP contribution in [0.1, 0.15) is 45.8 Å². The topological polar surface area (TPSA) is 77.1 Å². The Kier molecular flexibility index (Phi) is 5.07. The molecule has 1 aliphatic rings. The summed E-state index contributed by atoms with van der Waals surface area (Å²) in [5.74, 6) is -0.0622. The van der Waals surface area contributed by atoms with Gasteiger partial charge in [0.15, 0.2) is 5.78 Å². The van der Waals surface area contributed by atoms with Crippen LogP contribution in [-0.2, 0) is 0 Å². The Bertz CT molecular complexity index is 1100. The molecule has 0 radical (unpaired) electrons. The van der Waals surface area contributed by atoms with Crippen molar-refractivity contribution < 1.29 is 9.59 Å². The molecule has 0 spiro atoms. The summed E-state index contributed by atoms with van der Waals surface area (Å²) in [6, 6.07) is 17.9. The van der Waals surface area contributed by atoms with Gasteiger partial charge in [-0.1, -0.05) is 42.0 Å². The highest BCUT2D eigenvalue weighted by Crippen LogP contribution is 2.39. The number of carbonyl (C=O) groups is 2. The Labute approximate surface area is 170 Å². The lowest BCUT2D eigenvalue weighted by Crippen LogP contribution is -2.39. The second kappa shape index (κ2) is 7.68. The number of ketones is 1. The van der Waals surface area contributed by atoms with Crippen molar-refractivity contribution in [3.8, 4) is 22.4 Å². The highest BCUT2D eigenvalue weighted by atomic mass is 16.2. The average molecular weight is 387 g/mol. The maximum absolute atomic E-state index is 12.7. The van der Waals surface area contributed by atoms with E-state index in [4.69, 9.17) is 5.73 Å². The molecule has 148 valence electrons. The van der Waals surface area contributed by atoms with E-state index in [0.29, 0.717) is 24.3 Å². The van der Waals surface area contributed by atoms with Crippen LogP contribution in [0.2, 0.25) is 0 Å². The van der Waals surface area contributed by atoms with Crippen LogP contribution in [0.5, 0.6) is 0 Å². The van der Waals surface area contributed by atoms with Crippen molar-refractivity contribution in [2.24, 2.45) is 5.73 Å². The average Bonchev–Trinajstić information content (AvgIpc) is 3.12. The Morgan fingerprint density at radius 1 is 1.14 bits per heavy atom. The Morgan fingerprint density at radius 2 is 1.90 bits per heavy atom. The molecular weight excluding hydrogens is 362 g/mol. The minimum Gasteiger partial charge on any atom is -0.349 e. The molecule has 0 aliphatic carbocycles. The molecule has 2 heterocycles. The van der Waals surface area contributed by atoms with Crippen molar-refractivity contribution >= 4 is 11.7 Å². The van der Waals surface area contributed by atoms with Crippen LogP contribution in [0.3, 0.4) is 0 Å². The summed E-state index contributed by atoms with van der Waals surface area (Å²) >= 11 is 0. The van der Waals surface area contributed by atoms with Gasteiger partial charge in [-0.25, -0.2) is 0 Å². The fourth-order valence-electron chi connectivity index (χ4n) is 4.11. The first-order valence-corrected chi connectivity index (χ1v) is 9.91. The number of aromatic nitrogens is 1. The number of Topliss-reactive ketones (excluding diaryl/α,β-unsaturated/α-hetero) is 1. The first-order chi connectivity index (χ1) is 14.0. The monoisotopic (exact) mass is 387 g/mol. The Balaban J connectivity index is 2.01. The van der Waals surface area contributed by atoms with Crippen LogP contribution in [0.25, 0.3) is 22.4 Å². The molecule has 29 heavy (non-hydrogen) atoms. The fraction of sp³-hybridized carbons (Fsp3) is 0.250. The van der Waals surface area contributed by atoms with E-state index in [1.54, 1.807) is 6.92 Å². The van der Waals surface area contributed by atoms with E-state index >= 15 is 0 Å². The second-order valence-electron chi connectivity index (χ2n) is 7.61. The lowest BCUT2D eigenvalue weighted by molar-refractivity contribution is 0.0913. The van der Waals surface area contributed by atoms with Gasteiger partial charge in [0, 0.05) is 17.7 Å². The van der Waals surface area contributed by atoms with Crippen molar-refractivity contribution in [3.05, 3.63) is 71.4 Å². The zero-order valence-electron chi connectivity index (χ0n) is 16.7. The van der Waals surface area contributed by atoms with Crippen LogP contribution in [0, 0.1) is 6.92 Å². The SMILES string of the molecule is CC(=O)c1cccc(-c2cc3n(c2-c2cccc(C)c2)C(CCN)CNC3=O)c1. The number of hydrogen-bond acceptors (Lipinski definition) is 3. The van der Waals surface area contributed by atoms with Gasteiger partial charge in [-0.05, 0) is 56.1 Å². The maximum Gasteiger partial charge on any atom is 0.268 e. The van der Waals surface area contributed by atoms with Gasteiger partial charge in [-0.3, -0.25) is 9.59 Å². The number of rotatable bonds is 5. The van der Waals surface area contributed by atoms with Crippen LogP contribution >= 0.6 is 0 Å². The third kappa shape index (κ3) is 3.49. The van der Waals surface area contributed by atoms with E-state index in [9.17, 15) is 9.59 Å². The van der Waals surface area contributed by atoms with Crippen LogP contribution in [0.4, 0.5) is 0 Å². The van der Waals surface area contributed by atoms with Crippen molar-refractivity contribution in [2.45, 2.75) is 26.3 Å². The van der Waals surface area contributed by atoms with E-state index in [2.05, 4.69) is 35.0 Å². The van der Waals surface area contributed by atoms with Gasteiger partial charge in [0.05, 0.1) is 11.7 Å². The summed E-state index contributed by atoms with van der Waals surface area (Å²) in [5.41, 5.74) is 12.2. The van der Waals surface area contributed by atoms with Crippen LogP contribution in [0.15, 0.2) is 54.6 Å². The number of nitrogens with one attached hydrogen (secondary N) is 1. The van der Waals surface area contributed by atoms with E-state index in [0.717, 1.165) is 34.4 Å². The maximum atomic E-state index is 12.7. The van der Waals surface area contributed by atoms with Crippen molar-refractivity contribution in [3.63, 3.8) is 0 Å². The highest BCUT2D eigenvalue weighted by Gasteiger charge is 2.30. The number of amides is 1. The fourth-order valence-corrected chi connectivity index (χ4v) is 4.11. The third-order valence-corrected chi connectivity index (χ3v) is 5.50. The molecule has 1 amide bonds. The van der Waals surface area contributed by atoms with Gasteiger partial charge in [0.2, 0.25) is 0 Å². The number of carbonyl (C=O) groups excluding carboxylic acids is 2. The van der Waals surface area contributed by atoms with Crippen LogP contribution < -0.4 is 11.1 Å². The normalized spacial score (nSPS) is 15.7. The molecule has 3 aromatic rings. The quantitative estimate of drug-likeness (QED) is 0.651. The number of hydrogen-bond donors (Lipinski definition) is 2. The predicted molar refractivity (Wildman–Crippen MR) is 115 cm³/mol. The minimum absolute atomic E-state index is 0.0201. The van der Waals surface area contributed by atoms with E-state index in [1.165, 1.54) is 0 Å². The van der Waals surface area contributed by atoms with E-state index in [-0.39, 0.29) is 17.7 Å². The zero-order valence-corrected chi connectivity index (χ0v) is 16.7. The molecule has 1 aromatic heterocycles. The number of fused-ring (bicyclic) bond motifs is 1. The summed E-state index contributed by atoms with van der Waals surface area (Å²) in [6.45, 7) is 4.73. The number of nitrogens with two attached hydrogens (primary N) is 1. The molecule has 4 rings (SSSR count). The molecule has 1 unspecified atom stereocenters. The molecule has 2 aromatic carbocycles. The lowest BCUT2D eigenvalue weighted by atomic mass is 9.97. The first-order valence-electron chi connectivity index (χ1n) is 9.91. The van der Waals surface area contributed by atoms with E-state index in [1.807, 2.05) is 36.4 Å². The van der Waals surface area contributed by atoms with Crippen LogP contribution in [-0.4, -0.2) is 29.3 Å². The molecule has 1 atom stereocenters. The van der Waals surface area contributed by atoms with Crippen molar-refractivity contribution in [2.75, 3.05) is 13.1 Å². The van der Waals surface area contributed by atoms with Gasteiger partial charge in [-0.2, -0.15) is 0 Å². The molecule has 3 N–H and O–H groups in total. The molecule has 5 nitrogen and oxygen atoms in total. The molecule has 0 bridgehead atoms. The molecular formula is C24H25N3O2. The highest BCUT2D eigenvalue weighted by molar-refractivity contribution is 6.00. The summed E-state index contributed by atoms with van der Waals surface area (Å²) < 4.78 is 2.14. The van der Waals surface area contributed by atoms with Gasteiger partial charge in [0.1, 0.15) is 5.69 Å². The molecule has 1 aliphatic heterocycles. The lowest BCUT2D eigenvalue weighted by Gasteiger charge is -2.28. The number of benzene rings is 2. The van der Waals surface area contributed by atoms with Gasteiger partial charge in [0.25, 0.3) is 5.91 Å². The van der Waals surface area contributed by atoms with Crippen molar-refractivity contribution in [1.82, 2.24) is 9.88 Å². The Hall–Kier alpha value is -3.18. The smallest absolute Gasteiger partial charge is 0.268 e. The molecule has 0 saturated heterocycles. The number of aryl methyl sites for hydroxylation is 1. The Morgan fingerprint density at radius 3 is 2.62 bits per heavy atom. The predicted octanol–water partition coefficient (Wildman–Crippen LogP) is 3.97. The van der Waals surface area contributed by atoms with Crippen molar-refractivity contribution in [1.29, 1.82) is 0 Å². The summed E-state index contributed by atoms with van der Waals surface area (Å²) in [5, 5.41) is 2.99. The van der Waals surface area contributed by atoms with Gasteiger partial charge < -0.3 is 15.6 Å². The first kappa shape index (κ1) is 19.2. The second-order valence-corrected chi connectivity index (χ2v) is 7.61. The minimum atomic E-state index is -0.0823.